The fourth-order valence-electron chi connectivity index (χ4n) is 1.43. The van der Waals surface area contributed by atoms with Crippen molar-refractivity contribution >= 4 is 10.0 Å². The van der Waals surface area contributed by atoms with Gasteiger partial charge in [0.05, 0.1) is 16.5 Å². The van der Waals surface area contributed by atoms with E-state index < -0.39 is 10.0 Å². The zero-order valence-corrected chi connectivity index (χ0v) is 10.7. The molecule has 0 aromatic heterocycles. The van der Waals surface area contributed by atoms with Crippen molar-refractivity contribution in [1.29, 1.82) is 5.26 Å². The first-order valence-electron chi connectivity index (χ1n) is 5.28. The van der Waals surface area contributed by atoms with Crippen molar-refractivity contribution in [3.63, 3.8) is 0 Å². The summed E-state index contributed by atoms with van der Waals surface area (Å²) in [6, 6.07) is 7.85. The average Bonchev–Trinajstić information content (AvgIpc) is 2.38. The van der Waals surface area contributed by atoms with Gasteiger partial charge in [-0.2, -0.15) is 9.57 Å². The summed E-state index contributed by atoms with van der Waals surface area (Å²) in [6.07, 6.45) is 3.02. The quantitative estimate of drug-likeness (QED) is 0.736. The Hall–Kier alpha value is -1.90. The first kappa shape index (κ1) is 14.2. The molecule has 1 aromatic rings. The third kappa shape index (κ3) is 3.06. The highest BCUT2D eigenvalue weighted by Crippen LogP contribution is 2.16. The molecule has 1 aromatic carbocycles. The summed E-state index contributed by atoms with van der Waals surface area (Å²) in [5.41, 5.74) is 0.313. The smallest absolute Gasteiger partial charge is 0.207 e. The van der Waals surface area contributed by atoms with E-state index in [2.05, 4.69) is 13.2 Å². The lowest BCUT2D eigenvalue weighted by Gasteiger charge is -2.18. The van der Waals surface area contributed by atoms with E-state index in [1.165, 1.54) is 28.6 Å². The van der Waals surface area contributed by atoms with E-state index in [0.717, 1.165) is 0 Å². The van der Waals surface area contributed by atoms with Gasteiger partial charge in [-0.05, 0) is 18.2 Å². The van der Waals surface area contributed by atoms with E-state index in [1.807, 2.05) is 6.07 Å². The molecule has 1 rings (SSSR count). The first-order valence-corrected chi connectivity index (χ1v) is 6.72. The van der Waals surface area contributed by atoms with Crippen LogP contribution in [0.5, 0.6) is 0 Å². The van der Waals surface area contributed by atoms with Gasteiger partial charge in [-0.3, -0.25) is 0 Å². The van der Waals surface area contributed by atoms with Crippen LogP contribution >= 0.6 is 0 Å². The van der Waals surface area contributed by atoms with Gasteiger partial charge in [-0.1, -0.05) is 18.2 Å². The average molecular weight is 262 g/mol. The molecule has 0 aliphatic heterocycles. The van der Waals surface area contributed by atoms with Gasteiger partial charge in [0, 0.05) is 13.1 Å². The van der Waals surface area contributed by atoms with Crippen molar-refractivity contribution in [2.45, 2.75) is 4.90 Å². The Morgan fingerprint density at radius 2 is 1.89 bits per heavy atom. The van der Waals surface area contributed by atoms with Gasteiger partial charge in [0.15, 0.2) is 0 Å². The zero-order valence-electron chi connectivity index (χ0n) is 9.91. The summed E-state index contributed by atoms with van der Waals surface area (Å²) in [5, 5.41) is 8.78. The molecule has 0 unspecified atom stereocenters. The standard InChI is InChI=1S/C13H14N2O2S/c1-3-8-15(9-4-2)18(16,17)13-7-5-6-12(10-13)11-14/h3-7,10H,1-2,8-9H2. The Labute approximate surface area is 108 Å². The summed E-state index contributed by atoms with van der Waals surface area (Å²) in [7, 11) is -3.62. The Kier molecular flexibility index (Phi) is 4.84. The molecule has 0 saturated carbocycles. The third-order valence-electron chi connectivity index (χ3n) is 2.27. The maximum atomic E-state index is 12.3. The van der Waals surface area contributed by atoms with Gasteiger partial charge in [-0.15, -0.1) is 13.2 Å². The largest absolute Gasteiger partial charge is 0.243 e. The van der Waals surface area contributed by atoms with Gasteiger partial charge in [0.1, 0.15) is 0 Å². The maximum Gasteiger partial charge on any atom is 0.243 e. The lowest BCUT2D eigenvalue weighted by molar-refractivity contribution is 0.474. The van der Waals surface area contributed by atoms with Crippen LogP contribution in [0.1, 0.15) is 5.56 Å². The van der Waals surface area contributed by atoms with Crippen LogP contribution in [0.2, 0.25) is 0 Å². The molecule has 0 bridgehead atoms. The molecule has 0 amide bonds. The minimum atomic E-state index is -3.62. The van der Waals surface area contributed by atoms with Gasteiger partial charge >= 0.3 is 0 Å². The lowest BCUT2D eigenvalue weighted by atomic mass is 10.2. The summed E-state index contributed by atoms with van der Waals surface area (Å²) in [6.45, 7) is 7.46. The zero-order chi connectivity index (χ0) is 13.6. The van der Waals surface area contributed by atoms with Crippen LogP contribution in [-0.2, 0) is 10.0 Å². The van der Waals surface area contributed by atoms with E-state index in [-0.39, 0.29) is 18.0 Å². The predicted molar refractivity (Wildman–Crippen MR) is 70.3 cm³/mol. The lowest BCUT2D eigenvalue weighted by Crippen LogP contribution is -2.31. The molecule has 0 N–H and O–H groups in total. The fourth-order valence-corrected chi connectivity index (χ4v) is 2.86. The molecule has 0 saturated heterocycles. The third-order valence-corrected chi connectivity index (χ3v) is 4.09. The molecular weight excluding hydrogens is 248 g/mol. The molecule has 4 nitrogen and oxygen atoms in total. The van der Waals surface area contributed by atoms with Crippen LogP contribution in [0.4, 0.5) is 0 Å². The van der Waals surface area contributed by atoms with Crippen molar-refractivity contribution in [2.75, 3.05) is 13.1 Å². The molecule has 0 aliphatic carbocycles. The number of nitrogens with zero attached hydrogens (tertiary/aromatic N) is 2. The molecule has 0 spiro atoms. The summed E-state index contributed by atoms with van der Waals surface area (Å²) >= 11 is 0. The second-order valence-electron chi connectivity index (χ2n) is 3.54. The van der Waals surface area contributed by atoms with E-state index in [1.54, 1.807) is 12.1 Å². The predicted octanol–water partition coefficient (Wildman–Crippen LogP) is 1.92. The van der Waals surface area contributed by atoms with Gasteiger partial charge in [-0.25, -0.2) is 8.42 Å². The number of hydrogen-bond donors (Lipinski definition) is 0. The van der Waals surface area contributed by atoms with Crippen molar-refractivity contribution in [1.82, 2.24) is 4.31 Å². The topological polar surface area (TPSA) is 61.2 Å². The number of nitriles is 1. The van der Waals surface area contributed by atoms with E-state index in [0.29, 0.717) is 5.56 Å². The molecule has 0 fully saturated rings. The molecular formula is C13H14N2O2S. The van der Waals surface area contributed by atoms with Gasteiger partial charge in [0.2, 0.25) is 10.0 Å². The van der Waals surface area contributed by atoms with Crippen LogP contribution in [-0.4, -0.2) is 25.8 Å². The minimum absolute atomic E-state index is 0.102. The number of rotatable bonds is 6. The molecule has 18 heavy (non-hydrogen) atoms. The Morgan fingerprint density at radius 1 is 1.28 bits per heavy atom. The van der Waals surface area contributed by atoms with Crippen LogP contribution in [0.15, 0.2) is 54.5 Å². The maximum absolute atomic E-state index is 12.3. The number of benzene rings is 1. The highest BCUT2D eigenvalue weighted by atomic mass is 32.2. The summed E-state index contributed by atoms with van der Waals surface area (Å²) in [4.78, 5) is 0.102. The van der Waals surface area contributed by atoms with Gasteiger partial charge in [0.25, 0.3) is 0 Å². The molecule has 0 aliphatic rings. The SMILES string of the molecule is C=CCN(CC=C)S(=O)(=O)c1cccc(C#N)c1. The van der Waals surface area contributed by atoms with E-state index in [9.17, 15) is 8.42 Å². The number of sulfonamides is 1. The van der Waals surface area contributed by atoms with Crippen molar-refractivity contribution < 1.29 is 8.42 Å². The van der Waals surface area contributed by atoms with Crippen molar-refractivity contribution in [3.05, 3.63) is 55.1 Å². The Balaban J connectivity index is 3.21. The van der Waals surface area contributed by atoms with Crippen LogP contribution in [0.3, 0.4) is 0 Å². The monoisotopic (exact) mass is 262 g/mol. The first-order chi connectivity index (χ1) is 8.56. The molecule has 94 valence electrons. The molecule has 0 atom stereocenters. The van der Waals surface area contributed by atoms with Crippen molar-refractivity contribution in [2.24, 2.45) is 0 Å². The highest BCUT2D eigenvalue weighted by molar-refractivity contribution is 7.89. The van der Waals surface area contributed by atoms with E-state index >= 15 is 0 Å². The van der Waals surface area contributed by atoms with Crippen LogP contribution in [0.25, 0.3) is 0 Å². The second-order valence-corrected chi connectivity index (χ2v) is 5.48. The summed E-state index contributed by atoms with van der Waals surface area (Å²) < 4.78 is 25.8. The van der Waals surface area contributed by atoms with Crippen LogP contribution < -0.4 is 0 Å². The van der Waals surface area contributed by atoms with E-state index in [4.69, 9.17) is 5.26 Å². The minimum Gasteiger partial charge on any atom is -0.207 e. The molecule has 5 heteroatoms. The van der Waals surface area contributed by atoms with Crippen LogP contribution in [0, 0.1) is 11.3 Å². The Bertz CT molecular complexity index is 575. The summed E-state index contributed by atoms with van der Waals surface area (Å²) in [5.74, 6) is 0. The molecule has 0 heterocycles. The fraction of sp³-hybridized carbons (Fsp3) is 0.154. The normalized spacial score (nSPS) is 10.9. The second kappa shape index (κ2) is 6.15. The number of hydrogen-bond acceptors (Lipinski definition) is 3. The van der Waals surface area contributed by atoms with Gasteiger partial charge < -0.3 is 0 Å². The highest BCUT2D eigenvalue weighted by Gasteiger charge is 2.22. The van der Waals surface area contributed by atoms with Crippen molar-refractivity contribution in [3.8, 4) is 6.07 Å². The molecule has 0 radical (unpaired) electrons. The Morgan fingerprint density at radius 3 is 2.39 bits per heavy atom.